The SMILES string of the molecule is C[C@H]1CCN(c2c(F)cc3c(CNC(=O)OC(C)(C)C)cc(=O)n(C4CC4)c3c2C#N)C1.C[C@H]1CCN(c2c(F)cc3c(OS(=O)(=O)C(F)(F)F)cc(=O)n(C4CC4)c3c2C#N)C1.FB(F)F.N#Cc1c(N2CC[C@H](N)C2)c(F)cc2c(CN)cc(=O)n(C3CC3)c12.[CH2-]NC(=O)OC(C)(C)C.[K+]. The average molecular weight is 1480 g/mol. The van der Waals surface area contributed by atoms with E-state index in [1.807, 2.05) is 22.8 Å². The number of nitrogens with zero attached hydrogens (tertiary/aromatic N) is 9. The molecule has 3 aliphatic carbocycles. The molecule has 23 nitrogen and oxygen atoms in total. The van der Waals surface area contributed by atoms with Crippen LogP contribution in [-0.4, -0.2) is 104 Å². The number of nitrogens with two attached hydrogens (primary N) is 2. The summed E-state index contributed by atoms with van der Waals surface area (Å²) in [5, 5.41) is 35.1. The molecule has 544 valence electrons. The van der Waals surface area contributed by atoms with Crippen molar-refractivity contribution in [3.8, 4) is 24.0 Å². The molecule has 2 amide bonds. The third kappa shape index (κ3) is 19.4. The van der Waals surface area contributed by atoms with Gasteiger partial charge in [0.25, 0.3) is 16.7 Å². The van der Waals surface area contributed by atoms with Crippen LogP contribution in [0, 0.1) is 70.3 Å². The largest absolute Gasteiger partial charge is 1.00 e. The van der Waals surface area contributed by atoms with Gasteiger partial charge in [-0.3, -0.25) is 34.4 Å². The minimum atomic E-state index is -6.11. The molecule has 0 bridgehead atoms. The number of halogens is 9. The third-order valence-electron chi connectivity index (χ3n) is 17.1. The Morgan fingerprint density at radius 2 is 0.951 bits per heavy atom. The smallest absolute Gasteiger partial charge is 0.473 e. The van der Waals surface area contributed by atoms with Gasteiger partial charge in [0.05, 0.1) is 33.6 Å². The van der Waals surface area contributed by atoms with Crippen molar-refractivity contribution in [2.75, 3.05) is 54.0 Å². The maximum atomic E-state index is 15.4. The Hall–Kier alpha value is -7.56. The zero-order valence-corrected chi connectivity index (χ0v) is 61.7. The summed E-state index contributed by atoms with van der Waals surface area (Å²) >= 11 is 0. The number of nitrogens with one attached hydrogen (secondary N) is 2. The standard InChI is InChI=1S/C24H29FN4O3.C19H17F4N3O4S.C18H20FN5O.C6H12NO2.BF3.K/c1-14-7-8-28(13-14)22-18(11-26)21-17(10-19(22)25)15(9-20(30)29(21)16-5-6-16)12-27-23(31)32-24(2,3)4;1-10-4-5-25(9-10)18-13(8-24)17-12(6-14(18)20)15(30-31(28,29)19(21,22)23)7-16(27)26(17)11-2-3-11;19-15-6-13-10(7-20)5-16(25)24(12-1-2-12)17(13)14(8-21)18(15)23-4-3-11(22)9-23;1-6(2,3)9-5(8)7-4;2-1(3)4;/h9-10,14,16H,5-8,12-13H2,1-4H3,(H,27,31);6-7,10-11H,2-5,9H2,1H3;5-6,11-12H,1-4,7,9,20,22H2;4H2,1-3H3,(H,7,8);;/q;;;-1;;+1/t14-;10-;11-;;;/m000.../s1. The molecule has 6 aromatic rings. The number of carbonyl (C=O) groups is 2. The van der Waals surface area contributed by atoms with Crippen molar-refractivity contribution in [1.29, 1.82) is 15.8 Å². The summed E-state index contributed by atoms with van der Waals surface area (Å²) in [6.45, 7) is 18.2. The van der Waals surface area contributed by atoms with E-state index in [2.05, 4.69) is 40.9 Å². The van der Waals surface area contributed by atoms with Crippen LogP contribution in [-0.2, 0) is 32.7 Å². The van der Waals surface area contributed by atoms with Gasteiger partial charge in [0, 0.05) is 111 Å². The van der Waals surface area contributed by atoms with Crippen molar-refractivity contribution in [1.82, 2.24) is 24.3 Å². The topological polar surface area (TPSA) is 319 Å². The minimum absolute atomic E-state index is 0. The van der Waals surface area contributed by atoms with Gasteiger partial charge in [-0.1, -0.05) is 13.8 Å². The second kappa shape index (κ2) is 33.0. The maximum Gasteiger partial charge on any atom is 1.00 e. The van der Waals surface area contributed by atoms with Gasteiger partial charge in [-0.25, -0.2) is 22.8 Å². The van der Waals surface area contributed by atoms with Gasteiger partial charge in [0.1, 0.15) is 63.6 Å². The van der Waals surface area contributed by atoms with Crippen LogP contribution in [0.15, 0.2) is 50.8 Å². The number of rotatable bonds is 11. The summed E-state index contributed by atoms with van der Waals surface area (Å²) in [6.07, 6.45) is 5.98. The molecule has 3 atom stereocenters. The predicted molar refractivity (Wildman–Crippen MR) is 361 cm³/mol. The van der Waals surface area contributed by atoms with E-state index in [0.717, 1.165) is 51.0 Å². The molecule has 0 radical (unpaired) electrons. The molecule has 3 aliphatic heterocycles. The van der Waals surface area contributed by atoms with E-state index in [0.29, 0.717) is 97.0 Å². The van der Waals surface area contributed by atoms with Crippen molar-refractivity contribution < 1.29 is 122 Å². The van der Waals surface area contributed by atoms with Crippen LogP contribution in [0.2, 0.25) is 0 Å². The minimum Gasteiger partial charge on any atom is -0.473 e. The normalized spacial score (nSPS) is 18.0. The summed E-state index contributed by atoms with van der Waals surface area (Å²) in [4.78, 5) is 66.3. The van der Waals surface area contributed by atoms with Crippen molar-refractivity contribution >= 4 is 79.6 Å². The molecule has 6 fully saturated rings. The van der Waals surface area contributed by atoms with Crippen LogP contribution in [0.3, 0.4) is 0 Å². The summed E-state index contributed by atoms with van der Waals surface area (Å²) in [5.41, 5.74) is 6.15. The number of aromatic nitrogens is 3. The van der Waals surface area contributed by atoms with E-state index in [9.17, 15) is 78.7 Å². The number of anilines is 3. The van der Waals surface area contributed by atoms with E-state index in [1.54, 1.807) is 55.6 Å². The zero-order valence-electron chi connectivity index (χ0n) is 57.8. The number of amides is 2. The van der Waals surface area contributed by atoms with Crippen LogP contribution in [0.25, 0.3) is 32.7 Å². The molecule has 3 saturated heterocycles. The number of ether oxygens (including phenoxy) is 2. The Kier molecular flexibility index (Phi) is 26.5. The van der Waals surface area contributed by atoms with E-state index in [1.165, 1.54) is 28.8 Å². The molecule has 6 aliphatic rings. The second-order valence-electron chi connectivity index (χ2n) is 27.6. The fourth-order valence-corrected chi connectivity index (χ4v) is 12.9. The summed E-state index contributed by atoms with van der Waals surface area (Å²) in [6, 6.07) is 13.1. The zero-order chi connectivity index (χ0) is 74.7. The van der Waals surface area contributed by atoms with Gasteiger partial charge in [-0.15, -0.1) is 0 Å². The Labute approximate surface area is 625 Å². The van der Waals surface area contributed by atoms with Gasteiger partial charge in [-0.05, 0) is 140 Å². The van der Waals surface area contributed by atoms with E-state index < -0.39 is 75.3 Å². The van der Waals surface area contributed by atoms with Crippen molar-refractivity contribution in [2.24, 2.45) is 23.3 Å². The van der Waals surface area contributed by atoms with E-state index >= 15 is 8.78 Å². The van der Waals surface area contributed by atoms with Crippen LogP contribution in [0.5, 0.6) is 5.75 Å². The summed E-state index contributed by atoms with van der Waals surface area (Å²) in [5.74, 6) is -2.18. The molecular formula is C67H78BF9KN13O10S. The number of alkyl halides is 3. The average Bonchev–Trinajstić information content (AvgIpc) is 1.37. The number of benzene rings is 3. The molecular weight excluding hydrogens is 1400 g/mol. The molecule has 0 unspecified atom stereocenters. The first-order valence-corrected chi connectivity index (χ1v) is 34.0. The van der Waals surface area contributed by atoms with Crippen LogP contribution in [0.1, 0.15) is 159 Å². The van der Waals surface area contributed by atoms with Gasteiger partial charge in [0.2, 0.25) is 0 Å². The summed E-state index contributed by atoms with van der Waals surface area (Å²) in [7, 11) is -6.63. The summed E-state index contributed by atoms with van der Waals surface area (Å²) < 4.78 is 155. The number of alkyl carbamates (subject to hydrolysis) is 2. The number of fused-ring (bicyclic) bond motifs is 3. The van der Waals surface area contributed by atoms with Crippen LogP contribution < -0.4 is 109 Å². The van der Waals surface area contributed by atoms with E-state index in [4.69, 9.17) is 20.9 Å². The Bertz CT molecular complexity index is 4610. The van der Waals surface area contributed by atoms with Gasteiger partial charge in [0.15, 0.2) is 5.75 Å². The van der Waals surface area contributed by atoms with Crippen molar-refractivity contribution in [3.63, 3.8) is 0 Å². The third-order valence-corrected chi connectivity index (χ3v) is 18.0. The van der Waals surface area contributed by atoms with Crippen LogP contribution in [0.4, 0.5) is 65.9 Å². The molecule has 35 heteroatoms. The molecule has 3 aromatic heterocycles. The Balaban J connectivity index is 0.000000197. The first-order chi connectivity index (χ1) is 47.3. The van der Waals surface area contributed by atoms with Crippen LogP contribution >= 0.6 is 0 Å². The first-order valence-electron chi connectivity index (χ1n) is 32.6. The molecule has 3 aromatic carbocycles. The number of carbonyl (C=O) groups excluding carboxylic acids is 2. The van der Waals surface area contributed by atoms with Crippen molar-refractivity contribution in [3.05, 3.63) is 120 Å². The fraction of sp³-hybridized carbons (Fsp3) is 0.507. The first kappa shape index (κ1) is 81.7. The van der Waals surface area contributed by atoms with Gasteiger partial charge >= 0.3 is 86.7 Å². The maximum absolute atomic E-state index is 15.4. The molecule has 6 heterocycles. The molecule has 102 heavy (non-hydrogen) atoms. The van der Waals surface area contributed by atoms with Crippen molar-refractivity contribution in [2.45, 2.75) is 167 Å². The number of hydrogen-bond acceptors (Lipinski definition) is 18. The molecule has 3 saturated carbocycles. The number of pyridine rings is 3. The Morgan fingerprint density at radius 3 is 1.27 bits per heavy atom. The quantitative estimate of drug-likeness (QED) is 0.0312. The fourth-order valence-electron chi connectivity index (χ4n) is 12.4. The second-order valence-corrected chi connectivity index (χ2v) is 29.1. The van der Waals surface area contributed by atoms with E-state index in [-0.39, 0.29) is 150 Å². The molecule has 0 spiro atoms. The van der Waals surface area contributed by atoms with Gasteiger partial charge in [-0.2, -0.15) is 37.4 Å². The van der Waals surface area contributed by atoms with Gasteiger partial charge < -0.3 is 64.2 Å². The monoisotopic (exact) mass is 1480 g/mol. The molecule has 6 N–H and O–H groups in total. The number of hydrogen-bond donors (Lipinski definition) is 4. The predicted octanol–water partition coefficient (Wildman–Crippen LogP) is 8.17. The Morgan fingerprint density at radius 1 is 0.598 bits per heavy atom. The molecule has 12 rings (SSSR count). The number of nitriles is 3.